The molecule has 0 aliphatic heterocycles. The number of fused-ring (bicyclic) bond motifs is 1. The van der Waals surface area contributed by atoms with Crippen LogP contribution in [0.15, 0.2) is 23.8 Å². The van der Waals surface area contributed by atoms with Gasteiger partial charge in [-0.3, -0.25) is 0 Å². The number of carbonyl (C=O) groups excluding carboxylic acids is 1. The molecule has 0 bridgehead atoms. The molecule has 2 nitrogen and oxygen atoms in total. The number of halogens is 1. The van der Waals surface area contributed by atoms with Gasteiger partial charge in [0.1, 0.15) is 5.82 Å². The molecule has 0 fully saturated rings. The summed E-state index contributed by atoms with van der Waals surface area (Å²) in [5.41, 5.74) is 2.20. The number of hydrogen-bond donors (Lipinski definition) is 0. The third kappa shape index (κ3) is 2.06. The highest BCUT2D eigenvalue weighted by molar-refractivity contribution is 5.72. The van der Waals surface area contributed by atoms with Crippen molar-refractivity contribution in [2.45, 2.75) is 19.3 Å². The molecule has 0 heterocycles. The average Bonchev–Trinajstić information content (AvgIpc) is 2.18. The number of benzene rings is 1. The lowest BCUT2D eigenvalue weighted by molar-refractivity contribution is -0.304. The van der Waals surface area contributed by atoms with Gasteiger partial charge in [-0.15, -0.1) is 0 Å². The molecule has 1 aromatic carbocycles. The zero-order chi connectivity index (χ0) is 10.8. The van der Waals surface area contributed by atoms with E-state index in [0.717, 1.165) is 11.1 Å². The van der Waals surface area contributed by atoms with E-state index in [9.17, 15) is 14.3 Å². The Bertz CT molecular complexity index is 435. The second-order valence-electron chi connectivity index (χ2n) is 3.66. The van der Waals surface area contributed by atoms with Crippen LogP contribution in [0.5, 0.6) is 0 Å². The summed E-state index contributed by atoms with van der Waals surface area (Å²) in [4.78, 5) is 10.4. The van der Waals surface area contributed by atoms with Gasteiger partial charge in [-0.25, -0.2) is 4.39 Å². The second-order valence-corrected chi connectivity index (χ2v) is 3.66. The number of aryl methyl sites for hydroxylation is 1. The summed E-state index contributed by atoms with van der Waals surface area (Å²) in [6.45, 7) is 0. The summed E-state index contributed by atoms with van der Waals surface area (Å²) < 4.78 is 13.4. The summed E-state index contributed by atoms with van der Waals surface area (Å²) in [7, 11) is 0. The molecule has 0 unspecified atom stereocenters. The SMILES string of the molecule is O=C([O-])CC1=Cc2c(F)cccc2CC1. The molecule has 78 valence electrons. The molecule has 1 aliphatic carbocycles. The van der Waals surface area contributed by atoms with Gasteiger partial charge < -0.3 is 9.90 Å². The fourth-order valence-electron chi connectivity index (χ4n) is 1.86. The van der Waals surface area contributed by atoms with Gasteiger partial charge in [0.2, 0.25) is 0 Å². The summed E-state index contributed by atoms with van der Waals surface area (Å²) in [5.74, 6) is -1.40. The molecule has 1 aromatic rings. The molecule has 15 heavy (non-hydrogen) atoms. The molecule has 1 aliphatic rings. The Labute approximate surface area is 87.0 Å². The first-order valence-electron chi connectivity index (χ1n) is 4.83. The lowest BCUT2D eigenvalue weighted by atomic mass is 9.90. The molecular weight excluding hydrogens is 195 g/mol. The van der Waals surface area contributed by atoms with Crippen molar-refractivity contribution in [2.75, 3.05) is 0 Å². The van der Waals surface area contributed by atoms with Crippen molar-refractivity contribution in [1.29, 1.82) is 0 Å². The Morgan fingerprint density at radius 3 is 2.93 bits per heavy atom. The zero-order valence-electron chi connectivity index (χ0n) is 8.13. The standard InChI is InChI=1S/C12H11FO2/c13-11-3-1-2-9-5-4-8(6-10(9)11)7-12(14)15/h1-3,6H,4-5,7H2,(H,14,15)/p-1. The highest BCUT2D eigenvalue weighted by Crippen LogP contribution is 2.27. The lowest BCUT2D eigenvalue weighted by Gasteiger charge is -2.17. The monoisotopic (exact) mass is 205 g/mol. The van der Waals surface area contributed by atoms with Crippen LogP contribution in [0, 0.1) is 5.82 Å². The fourth-order valence-corrected chi connectivity index (χ4v) is 1.86. The minimum Gasteiger partial charge on any atom is -0.550 e. The van der Waals surface area contributed by atoms with Crippen molar-refractivity contribution in [1.82, 2.24) is 0 Å². The highest BCUT2D eigenvalue weighted by atomic mass is 19.1. The van der Waals surface area contributed by atoms with Crippen molar-refractivity contribution in [3.63, 3.8) is 0 Å². The topological polar surface area (TPSA) is 40.1 Å². The number of carbonyl (C=O) groups is 1. The van der Waals surface area contributed by atoms with E-state index >= 15 is 0 Å². The van der Waals surface area contributed by atoms with Crippen LogP contribution in [-0.4, -0.2) is 5.97 Å². The lowest BCUT2D eigenvalue weighted by Crippen LogP contribution is -2.23. The van der Waals surface area contributed by atoms with Gasteiger partial charge in [0.25, 0.3) is 0 Å². The Morgan fingerprint density at radius 2 is 2.20 bits per heavy atom. The van der Waals surface area contributed by atoms with E-state index in [1.54, 1.807) is 12.1 Å². The van der Waals surface area contributed by atoms with Gasteiger partial charge in [0.05, 0.1) is 0 Å². The summed E-state index contributed by atoms with van der Waals surface area (Å²) in [5, 5.41) is 10.4. The molecule has 3 heteroatoms. The predicted molar refractivity (Wildman–Crippen MR) is 52.3 cm³/mol. The Balaban J connectivity index is 2.35. The normalized spacial score (nSPS) is 14.3. The summed E-state index contributed by atoms with van der Waals surface area (Å²) >= 11 is 0. The van der Waals surface area contributed by atoms with Crippen molar-refractivity contribution in [3.8, 4) is 0 Å². The van der Waals surface area contributed by atoms with Crippen LogP contribution in [0.3, 0.4) is 0 Å². The first-order chi connectivity index (χ1) is 7.16. The maximum absolute atomic E-state index is 13.4. The summed E-state index contributed by atoms with van der Waals surface area (Å²) in [6.07, 6.45) is 2.90. The number of rotatable bonds is 2. The van der Waals surface area contributed by atoms with Crippen molar-refractivity contribution < 1.29 is 14.3 Å². The fraction of sp³-hybridized carbons (Fsp3) is 0.250. The quantitative estimate of drug-likeness (QED) is 0.730. The van der Waals surface area contributed by atoms with Gasteiger partial charge >= 0.3 is 0 Å². The smallest absolute Gasteiger partial charge is 0.130 e. The van der Waals surface area contributed by atoms with E-state index in [2.05, 4.69) is 0 Å². The largest absolute Gasteiger partial charge is 0.550 e. The number of hydrogen-bond acceptors (Lipinski definition) is 2. The van der Waals surface area contributed by atoms with Gasteiger partial charge in [-0.2, -0.15) is 0 Å². The zero-order valence-corrected chi connectivity index (χ0v) is 8.13. The maximum atomic E-state index is 13.4. The van der Waals surface area contributed by atoms with E-state index in [0.29, 0.717) is 18.4 Å². The molecule has 0 saturated heterocycles. The van der Waals surface area contributed by atoms with Gasteiger partial charge in [-0.1, -0.05) is 23.8 Å². The van der Waals surface area contributed by atoms with Gasteiger partial charge in [-0.05, 0) is 24.5 Å². The van der Waals surface area contributed by atoms with Crippen molar-refractivity contribution in [2.24, 2.45) is 0 Å². The molecule has 0 amide bonds. The highest BCUT2D eigenvalue weighted by Gasteiger charge is 2.13. The van der Waals surface area contributed by atoms with E-state index < -0.39 is 5.97 Å². The Morgan fingerprint density at radius 1 is 1.40 bits per heavy atom. The molecular formula is C12H10FO2-. The van der Waals surface area contributed by atoms with Crippen molar-refractivity contribution >= 4 is 12.0 Å². The average molecular weight is 205 g/mol. The second kappa shape index (κ2) is 3.85. The van der Waals surface area contributed by atoms with Crippen LogP contribution >= 0.6 is 0 Å². The van der Waals surface area contributed by atoms with Crippen LogP contribution in [0.2, 0.25) is 0 Å². The molecule has 2 rings (SSSR count). The first-order valence-corrected chi connectivity index (χ1v) is 4.83. The maximum Gasteiger partial charge on any atom is 0.130 e. The molecule has 0 radical (unpaired) electrons. The van der Waals surface area contributed by atoms with Crippen LogP contribution in [0.1, 0.15) is 24.0 Å². The molecule has 0 saturated carbocycles. The third-order valence-electron chi connectivity index (χ3n) is 2.58. The number of carboxylic acid groups (broad SMARTS) is 1. The molecule has 0 atom stereocenters. The predicted octanol–water partition coefficient (Wildman–Crippen LogP) is 1.30. The number of carboxylic acids is 1. The first kappa shape index (κ1) is 9.90. The van der Waals surface area contributed by atoms with Crippen LogP contribution in [0.25, 0.3) is 6.08 Å². The molecule has 0 aromatic heterocycles. The van der Waals surface area contributed by atoms with Crippen LogP contribution in [-0.2, 0) is 11.2 Å². The Kier molecular flexibility index (Phi) is 2.54. The van der Waals surface area contributed by atoms with E-state index in [-0.39, 0.29) is 12.2 Å². The minimum atomic E-state index is -1.11. The van der Waals surface area contributed by atoms with E-state index in [1.165, 1.54) is 6.07 Å². The van der Waals surface area contributed by atoms with Crippen molar-refractivity contribution in [3.05, 3.63) is 40.7 Å². The number of aliphatic carboxylic acids is 1. The summed E-state index contributed by atoms with van der Waals surface area (Å²) in [6, 6.07) is 4.92. The van der Waals surface area contributed by atoms with Crippen LogP contribution < -0.4 is 5.11 Å². The van der Waals surface area contributed by atoms with Gasteiger partial charge in [0.15, 0.2) is 0 Å². The third-order valence-corrected chi connectivity index (χ3v) is 2.58. The Hall–Kier alpha value is -1.64. The van der Waals surface area contributed by atoms with E-state index in [1.807, 2.05) is 6.07 Å². The van der Waals surface area contributed by atoms with E-state index in [4.69, 9.17) is 0 Å². The van der Waals surface area contributed by atoms with Crippen LogP contribution in [0.4, 0.5) is 4.39 Å². The molecule has 0 spiro atoms. The molecule has 0 N–H and O–H groups in total. The van der Waals surface area contributed by atoms with Gasteiger partial charge in [0, 0.05) is 18.0 Å². The minimum absolute atomic E-state index is 0.103.